The molecule has 2 N–H and O–H groups in total. The van der Waals surface area contributed by atoms with E-state index in [1.807, 2.05) is 25.1 Å². The van der Waals surface area contributed by atoms with Crippen LogP contribution in [0.3, 0.4) is 0 Å². The van der Waals surface area contributed by atoms with Crippen LogP contribution >= 0.6 is 11.6 Å². The Hall–Kier alpha value is -3.01. The molecule has 8 nitrogen and oxygen atoms in total. The molecule has 0 aliphatic carbocycles. The lowest BCUT2D eigenvalue weighted by Crippen LogP contribution is -2.58. The molecule has 10 heteroatoms. The highest BCUT2D eigenvalue weighted by Gasteiger charge is 2.40. The summed E-state index contributed by atoms with van der Waals surface area (Å²) in [5.74, 6) is 0.980. The number of aryl methyl sites for hydroxylation is 1. The molecule has 3 saturated heterocycles. The lowest BCUT2D eigenvalue weighted by atomic mass is 9.73. The Morgan fingerprint density at radius 3 is 2.42 bits per heavy atom. The number of piperazine rings is 1. The molecule has 0 unspecified atom stereocenters. The summed E-state index contributed by atoms with van der Waals surface area (Å²) in [4.78, 5) is 16.7. The number of H-pyrrole nitrogens is 1. The van der Waals surface area contributed by atoms with E-state index in [0.717, 1.165) is 93.0 Å². The molecule has 1 spiro atoms. The lowest BCUT2D eigenvalue weighted by molar-refractivity contribution is 0.126. The monoisotopic (exact) mass is 534 g/mol. The van der Waals surface area contributed by atoms with E-state index in [1.165, 1.54) is 0 Å². The first-order valence-corrected chi connectivity index (χ1v) is 13.8. The smallest absolute Gasteiger partial charge is 0.228 e. The second kappa shape index (κ2) is 9.03. The summed E-state index contributed by atoms with van der Waals surface area (Å²) in [6.07, 6.45) is 3.94. The molecule has 0 radical (unpaired) electrons. The van der Waals surface area contributed by atoms with Crippen molar-refractivity contribution in [2.45, 2.75) is 19.8 Å². The zero-order valence-electron chi connectivity index (χ0n) is 21.8. The quantitative estimate of drug-likeness (QED) is 0.407. The van der Waals surface area contributed by atoms with Crippen LogP contribution in [0.25, 0.3) is 32.9 Å². The first-order valence-electron chi connectivity index (χ1n) is 13.4. The minimum Gasteiger partial charge on any atom is -0.356 e. The number of hydrogen-bond acceptors (Lipinski definition) is 7. The van der Waals surface area contributed by atoms with E-state index in [-0.39, 0.29) is 0 Å². The summed E-state index contributed by atoms with van der Waals surface area (Å²) in [6.45, 7) is 9.40. The number of nitrogens with one attached hydrogen (secondary N) is 2. The fourth-order valence-corrected chi connectivity index (χ4v) is 6.56. The third kappa shape index (κ3) is 3.82. The van der Waals surface area contributed by atoms with Crippen LogP contribution in [0.15, 0.2) is 24.4 Å². The van der Waals surface area contributed by atoms with Gasteiger partial charge in [0.25, 0.3) is 0 Å². The van der Waals surface area contributed by atoms with Gasteiger partial charge in [-0.3, -0.25) is 5.10 Å². The summed E-state index contributed by atoms with van der Waals surface area (Å²) in [5.41, 5.74) is 3.62. The Morgan fingerprint density at radius 2 is 1.71 bits per heavy atom. The standard InChI is InChI=1S/C28H32ClFN8/c1-17-3-4-21-19(14-32-35-21)22(17)23-20(29)13-18-25(24(23)30)33-27(38-11-9-36(2)10-12-38)34-26(18)37-7-5-28(6-8-37)15-31-16-28/h3-4,13-14,31H,5-12,15-16H2,1-2H3,(H,32,35). The third-order valence-corrected chi connectivity index (χ3v) is 9.14. The molecule has 38 heavy (non-hydrogen) atoms. The highest BCUT2D eigenvalue weighted by atomic mass is 35.5. The fourth-order valence-electron chi connectivity index (χ4n) is 6.27. The van der Waals surface area contributed by atoms with Gasteiger partial charge in [-0.05, 0) is 49.9 Å². The van der Waals surface area contributed by atoms with E-state index < -0.39 is 5.82 Å². The maximum absolute atomic E-state index is 16.7. The summed E-state index contributed by atoms with van der Waals surface area (Å²) in [5, 5.41) is 12.5. The number of fused-ring (bicyclic) bond motifs is 2. The van der Waals surface area contributed by atoms with Crippen molar-refractivity contribution in [1.29, 1.82) is 0 Å². The Kier molecular flexibility index (Phi) is 5.72. The molecule has 0 bridgehead atoms. The van der Waals surface area contributed by atoms with Crippen LogP contribution in [-0.4, -0.2) is 84.5 Å². The number of halogens is 2. The number of likely N-dealkylation sites (N-methyl/N-ethyl adjacent to an activating group) is 1. The van der Waals surface area contributed by atoms with E-state index >= 15 is 4.39 Å². The highest BCUT2D eigenvalue weighted by Crippen LogP contribution is 2.43. The number of piperidine rings is 1. The Morgan fingerprint density at radius 1 is 0.947 bits per heavy atom. The minimum atomic E-state index is -0.403. The van der Waals surface area contributed by atoms with Crippen molar-refractivity contribution in [2.75, 3.05) is 69.2 Å². The Labute approximate surface area is 226 Å². The number of aromatic amines is 1. The molecule has 198 valence electrons. The Bertz CT molecular complexity index is 1530. The van der Waals surface area contributed by atoms with Crippen molar-refractivity contribution < 1.29 is 4.39 Å². The average Bonchev–Trinajstić information content (AvgIpc) is 3.38. The zero-order valence-corrected chi connectivity index (χ0v) is 22.6. The van der Waals surface area contributed by atoms with Crippen molar-refractivity contribution in [3.05, 3.63) is 40.8 Å². The van der Waals surface area contributed by atoms with Gasteiger partial charge in [-0.25, -0.2) is 9.37 Å². The second-order valence-electron chi connectivity index (χ2n) is 11.3. The van der Waals surface area contributed by atoms with Crippen LogP contribution < -0.4 is 15.1 Å². The van der Waals surface area contributed by atoms with Crippen LogP contribution in [0.4, 0.5) is 16.2 Å². The first-order chi connectivity index (χ1) is 18.4. The van der Waals surface area contributed by atoms with Gasteiger partial charge in [-0.1, -0.05) is 17.7 Å². The lowest BCUT2D eigenvalue weighted by Gasteiger charge is -2.48. The number of rotatable bonds is 3. The predicted octanol–water partition coefficient (Wildman–Crippen LogP) is 4.22. The van der Waals surface area contributed by atoms with Crippen molar-refractivity contribution >= 4 is 45.2 Å². The number of nitrogens with zero attached hydrogens (tertiary/aromatic N) is 6. The molecule has 3 fully saturated rings. The maximum atomic E-state index is 16.7. The maximum Gasteiger partial charge on any atom is 0.228 e. The van der Waals surface area contributed by atoms with Gasteiger partial charge in [0.2, 0.25) is 5.95 Å². The predicted molar refractivity (Wildman–Crippen MR) is 151 cm³/mol. The SMILES string of the molecule is Cc1ccc2[nH]ncc2c1-c1c(Cl)cc2c(N3CCC4(CC3)CNC4)nc(N3CCN(C)CC3)nc2c1F. The van der Waals surface area contributed by atoms with Crippen LogP contribution in [0.1, 0.15) is 18.4 Å². The van der Waals surface area contributed by atoms with E-state index in [1.54, 1.807) is 6.20 Å². The fraction of sp³-hybridized carbons (Fsp3) is 0.464. The van der Waals surface area contributed by atoms with Gasteiger partial charge >= 0.3 is 0 Å². The van der Waals surface area contributed by atoms with E-state index in [4.69, 9.17) is 21.6 Å². The molecule has 2 aromatic heterocycles. The third-order valence-electron chi connectivity index (χ3n) is 8.84. The molecule has 4 aromatic rings. The van der Waals surface area contributed by atoms with Gasteiger partial charge in [0.05, 0.1) is 16.7 Å². The van der Waals surface area contributed by atoms with Crippen molar-refractivity contribution in [2.24, 2.45) is 5.41 Å². The van der Waals surface area contributed by atoms with Gasteiger partial charge in [0.1, 0.15) is 11.3 Å². The van der Waals surface area contributed by atoms with Crippen LogP contribution in [-0.2, 0) is 0 Å². The van der Waals surface area contributed by atoms with Crippen LogP contribution in [0, 0.1) is 18.2 Å². The normalized spacial score (nSPS) is 20.0. The van der Waals surface area contributed by atoms with Crippen LogP contribution in [0.5, 0.6) is 0 Å². The molecule has 7 rings (SSSR count). The minimum absolute atomic E-state index is 0.328. The number of anilines is 2. The van der Waals surface area contributed by atoms with Crippen molar-refractivity contribution in [3.63, 3.8) is 0 Å². The largest absolute Gasteiger partial charge is 0.356 e. The molecule has 3 aliphatic heterocycles. The molecule has 0 saturated carbocycles. The summed E-state index contributed by atoms with van der Waals surface area (Å²) in [6, 6.07) is 5.79. The van der Waals surface area contributed by atoms with Gasteiger partial charge in [-0.2, -0.15) is 10.1 Å². The average molecular weight is 535 g/mol. The van der Waals surface area contributed by atoms with Crippen molar-refractivity contribution in [1.82, 2.24) is 30.4 Å². The zero-order chi connectivity index (χ0) is 26.0. The van der Waals surface area contributed by atoms with Gasteiger partial charge in [-0.15, -0.1) is 0 Å². The first kappa shape index (κ1) is 24.1. The van der Waals surface area contributed by atoms with Crippen LogP contribution in [0.2, 0.25) is 5.02 Å². The molecular weight excluding hydrogens is 503 g/mol. The molecule has 0 atom stereocenters. The van der Waals surface area contributed by atoms with Crippen molar-refractivity contribution in [3.8, 4) is 11.1 Å². The topological polar surface area (TPSA) is 76.2 Å². The summed E-state index contributed by atoms with van der Waals surface area (Å²) >= 11 is 6.91. The van der Waals surface area contributed by atoms with E-state index in [9.17, 15) is 0 Å². The van der Waals surface area contributed by atoms with E-state index in [2.05, 4.69) is 37.3 Å². The summed E-state index contributed by atoms with van der Waals surface area (Å²) < 4.78 is 16.7. The number of aromatic nitrogens is 4. The number of hydrogen-bond donors (Lipinski definition) is 2. The summed E-state index contributed by atoms with van der Waals surface area (Å²) in [7, 11) is 2.12. The molecule has 2 aromatic carbocycles. The molecule has 3 aliphatic rings. The van der Waals surface area contributed by atoms with Gasteiger partial charge < -0.3 is 20.0 Å². The molecular formula is C28H32ClFN8. The van der Waals surface area contributed by atoms with Gasteiger partial charge in [0.15, 0.2) is 5.82 Å². The molecule has 5 heterocycles. The highest BCUT2D eigenvalue weighted by molar-refractivity contribution is 6.35. The Balaban J connectivity index is 1.41. The van der Waals surface area contributed by atoms with Gasteiger partial charge in [0, 0.05) is 74.3 Å². The second-order valence-corrected chi connectivity index (χ2v) is 11.7. The molecule has 0 amide bonds. The number of benzene rings is 2. The van der Waals surface area contributed by atoms with E-state index in [0.29, 0.717) is 32.9 Å².